The Labute approximate surface area is 99.8 Å². The quantitative estimate of drug-likeness (QED) is 0.677. The number of rotatable bonds is 8. The van der Waals surface area contributed by atoms with Crippen molar-refractivity contribution in [1.82, 2.24) is 5.32 Å². The Bertz CT molecular complexity index is 326. The predicted octanol–water partition coefficient (Wildman–Crippen LogP) is 1.36. The van der Waals surface area contributed by atoms with Crippen LogP contribution >= 0.6 is 11.3 Å². The summed E-state index contributed by atoms with van der Waals surface area (Å²) in [6, 6.07) is 1.84. The molecule has 5 heteroatoms. The lowest BCUT2D eigenvalue weighted by Gasteiger charge is -2.02. The Balaban J connectivity index is 2.14. The average molecular weight is 242 g/mol. The minimum Gasteiger partial charge on any atom is -0.382 e. The van der Waals surface area contributed by atoms with Gasteiger partial charge < -0.3 is 15.8 Å². The maximum atomic E-state index is 10.9. The first-order valence-corrected chi connectivity index (χ1v) is 6.27. The van der Waals surface area contributed by atoms with Gasteiger partial charge in [-0.05, 0) is 26.0 Å². The molecule has 0 unspecified atom stereocenters. The molecule has 0 aromatic carbocycles. The highest BCUT2D eigenvalue weighted by atomic mass is 32.1. The van der Waals surface area contributed by atoms with Gasteiger partial charge in [0.15, 0.2) is 0 Å². The first-order chi connectivity index (χ1) is 7.74. The highest BCUT2D eigenvalue weighted by molar-refractivity contribution is 7.10. The van der Waals surface area contributed by atoms with E-state index in [1.54, 1.807) is 16.7 Å². The van der Waals surface area contributed by atoms with Gasteiger partial charge in [-0.15, -0.1) is 11.3 Å². The summed E-state index contributed by atoms with van der Waals surface area (Å²) in [6.07, 6.45) is 1.00. The van der Waals surface area contributed by atoms with Crippen LogP contribution in [-0.2, 0) is 11.3 Å². The minimum absolute atomic E-state index is 0.362. The van der Waals surface area contributed by atoms with Gasteiger partial charge in [0.05, 0.1) is 5.56 Å². The summed E-state index contributed by atoms with van der Waals surface area (Å²) < 4.78 is 5.22. The van der Waals surface area contributed by atoms with Gasteiger partial charge in [-0.3, -0.25) is 4.79 Å². The number of hydrogen-bond acceptors (Lipinski definition) is 4. The van der Waals surface area contributed by atoms with E-state index in [0.717, 1.165) is 37.6 Å². The number of nitrogens with one attached hydrogen (secondary N) is 1. The van der Waals surface area contributed by atoms with Crippen LogP contribution in [0.15, 0.2) is 11.4 Å². The summed E-state index contributed by atoms with van der Waals surface area (Å²) in [4.78, 5) is 12.0. The highest BCUT2D eigenvalue weighted by Gasteiger charge is 2.03. The lowest BCUT2D eigenvalue weighted by Crippen LogP contribution is -2.15. The molecule has 0 aliphatic carbocycles. The highest BCUT2D eigenvalue weighted by Crippen LogP contribution is 2.13. The summed E-state index contributed by atoms with van der Waals surface area (Å²) in [5, 5.41) is 5.08. The fraction of sp³-hybridized carbons (Fsp3) is 0.545. The number of carbonyl (C=O) groups is 1. The number of hydrogen-bond donors (Lipinski definition) is 2. The maximum absolute atomic E-state index is 10.9. The smallest absolute Gasteiger partial charge is 0.249 e. The molecule has 0 atom stereocenters. The first-order valence-electron chi connectivity index (χ1n) is 5.39. The lowest BCUT2D eigenvalue weighted by atomic mass is 10.3. The van der Waals surface area contributed by atoms with E-state index in [2.05, 4.69) is 5.32 Å². The van der Waals surface area contributed by atoms with Crippen LogP contribution in [0.25, 0.3) is 0 Å². The van der Waals surface area contributed by atoms with Crippen LogP contribution in [0, 0.1) is 0 Å². The second-order valence-electron chi connectivity index (χ2n) is 3.39. The monoisotopic (exact) mass is 242 g/mol. The molecule has 1 amide bonds. The van der Waals surface area contributed by atoms with Crippen LogP contribution in [0.5, 0.6) is 0 Å². The lowest BCUT2D eigenvalue weighted by molar-refractivity contribution is 0.100. The molecule has 16 heavy (non-hydrogen) atoms. The van der Waals surface area contributed by atoms with E-state index in [9.17, 15) is 4.79 Å². The Morgan fingerprint density at radius 2 is 2.44 bits per heavy atom. The second-order valence-corrected chi connectivity index (χ2v) is 4.39. The molecule has 4 nitrogen and oxygen atoms in total. The van der Waals surface area contributed by atoms with E-state index in [1.807, 2.05) is 13.0 Å². The van der Waals surface area contributed by atoms with Crippen molar-refractivity contribution in [2.75, 3.05) is 19.8 Å². The van der Waals surface area contributed by atoms with Crippen LogP contribution < -0.4 is 11.1 Å². The molecule has 0 aliphatic rings. The van der Waals surface area contributed by atoms with E-state index < -0.39 is 0 Å². The molecule has 0 saturated carbocycles. The van der Waals surface area contributed by atoms with Crippen molar-refractivity contribution in [2.24, 2.45) is 5.73 Å². The van der Waals surface area contributed by atoms with Gasteiger partial charge in [-0.25, -0.2) is 0 Å². The van der Waals surface area contributed by atoms with Crippen molar-refractivity contribution in [3.8, 4) is 0 Å². The molecule has 0 fully saturated rings. The molecule has 1 aromatic rings. The van der Waals surface area contributed by atoms with Crippen molar-refractivity contribution in [1.29, 1.82) is 0 Å². The molecule has 0 bridgehead atoms. The topological polar surface area (TPSA) is 64.3 Å². The Hall–Kier alpha value is -0.910. The number of primary amides is 1. The number of ether oxygens (including phenoxy) is 1. The molecule has 0 radical (unpaired) electrons. The SMILES string of the molecule is CCOCCCNCc1cc(C(N)=O)cs1. The molecule has 1 heterocycles. The van der Waals surface area contributed by atoms with Gasteiger partial charge in [-0.1, -0.05) is 0 Å². The van der Waals surface area contributed by atoms with Gasteiger partial charge in [0, 0.05) is 30.0 Å². The van der Waals surface area contributed by atoms with E-state index in [0.29, 0.717) is 5.56 Å². The third-order valence-electron chi connectivity index (χ3n) is 2.08. The van der Waals surface area contributed by atoms with Crippen LogP contribution in [0.1, 0.15) is 28.6 Å². The molecular formula is C11H18N2O2S. The van der Waals surface area contributed by atoms with E-state index in [1.165, 1.54) is 0 Å². The van der Waals surface area contributed by atoms with Crippen molar-refractivity contribution >= 4 is 17.2 Å². The molecule has 0 saturated heterocycles. The van der Waals surface area contributed by atoms with Gasteiger partial charge in [0.2, 0.25) is 5.91 Å². The van der Waals surface area contributed by atoms with Crippen molar-refractivity contribution in [2.45, 2.75) is 19.9 Å². The molecule has 0 aliphatic heterocycles. The Kier molecular flexibility index (Phi) is 6.07. The second kappa shape index (κ2) is 7.38. The maximum Gasteiger partial charge on any atom is 0.249 e. The Morgan fingerprint density at radius 1 is 1.62 bits per heavy atom. The van der Waals surface area contributed by atoms with Crippen molar-refractivity contribution in [3.63, 3.8) is 0 Å². The largest absolute Gasteiger partial charge is 0.382 e. The third kappa shape index (κ3) is 4.74. The van der Waals surface area contributed by atoms with Crippen molar-refractivity contribution < 1.29 is 9.53 Å². The number of thiophene rings is 1. The molecule has 0 spiro atoms. The zero-order chi connectivity index (χ0) is 11.8. The summed E-state index contributed by atoms with van der Waals surface area (Å²) in [5.41, 5.74) is 5.76. The van der Waals surface area contributed by atoms with E-state index in [4.69, 9.17) is 10.5 Å². The molecule has 1 rings (SSSR count). The summed E-state index contributed by atoms with van der Waals surface area (Å²) in [5.74, 6) is -0.362. The van der Waals surface area contributed by atoms with E-state index >= 15 is 0 Å². The molecule has 1 aromatic heterocycles. The van der Waals surface area contributed by atoms with Crippen LogP contribution in [0.2, 0.25) is 0 Å². The standard InChI is InChI=1S/C11H18N2O2S/c1-2-15-5-3-4-13-7-10-6-9(8-16-10)11(12)14/h6,8,13H,2-5,7H2,1H3,(H2,12,14). The normalized spacial score (nSPS) is 10.6. The summed E-state index contributed by atoms with van der Waals surface area (Å²) in [7, 11) is 0. The van der Waals surface area contributed by atoms with Gasteiger partial charge >= 0.3 is 0 Å². The van der Waals surface area contributed by atoms with Gasteiger partial charge in [0.1, 0.15) is 0 Å². The molecular weight excluding hydrogens is 224 g/mol. The number of nitrogens with two attached hydrogens (primary N) is 1. The van der Waals surface area contributed by atoms with Crippen LogP contribution in [0.3, 0.4) is 0 Å². The van der Waals surface area contributed by atoms with Crippen LogP contribution in [0.4, 0.5) is 0 Å². The molecule has 3 N–H and O–H groups in total. The fourth-order valence-electron chi connectivity index (χ4n) is 1.26. The third-order valence-corrected chi connectivity index (χ3v) is 3.02. The Morgan fingerprint density at radius 3 is 3.06 bits per heavy atom. The van der Waals surface area contributed by atoms with Gasteiger partial charge in [0.25, 0.3) is 0 Å². The number of carbonyl (C=O) groups excluding carboxylic acids is 1. The number of amides is 1. The predicted molar refractivity (Wildman–Crippen MR) is 65.7 cm³/mol. The molecule has 90 valence electrons. The van der Waals surface area contributed by atoms with Crippen LogP contribution in [-0.4, -0.2) is 25.7 Å². The average Bonchev–Trinajstić information content (AvgIpc) is 2.72. The fourth-order valence-corrected chi connectivity index (χ4v) is 2.10. The zero-order valence-electron chi connectivity index (χ0n) is 9.49. The first kappa shape index (κ1) is 13.2. The summed E-state index contributed by atoms with van der Waals surface area (Å²) >= 11 is 1.55. The van der Waals surface area contributed by atoms with Crippen molar-refractivity contribution in [3.05, 3.63) is 21.9 Å². The zero-order valence-corrected chi connectivity index (χ0v) is 10.3. The minimum atomic E-state index is -0.362. The van der Waals surface area contributed by atoms with Gasteiger partial charge in [-0.2, -0.15) is 0 Å². The van der Waals surface area contributed by atoms with E-state index in [-0.39, 0.29) is 5.91 Å². The summed E-state index contributed by atoms with van der Waals surface area (Å²) in [6.45, 7) is 5.26.